The van der Waals surface area contributed by atoms with Crippen LogP contribution in [0.1, 0.15) is 11.1 Å². The molecule has 7 heteroatoms. The highest BCUT2D eigenvalue weighted by Gasteiger charge is 2.13. The topological polar surface area (TPSA) is 47.6 Å². The van der Waals surface area contributed by atoms with Crippen molar-refractivity contribution in [3.05, 3.63) is 59.2 Å². The molecule has 0 aliphatic carbocycles. The maximum Gasteiger partial charge on any atom is 0.231 e. The van der Waals surface area contributed by atoms with Crippen LogP contribution in [-0.2, 0) is 17.1 Å². The Morgan fingerprint density at radius 3 is 2.88 bits per heavy atom. The highest BCUT2D eigenvalue weighted by Crippen LogP contribution is 2.32. The number of amides is 1. The summed E-state index contributed by atoms with van der Waals surface area (Å²) in [6.45, 7) is 0.572. The van der Waals surface area contributed by atoms with E-state index in [0.717, 1.165) is 11.6 Å². The number of carbonyl (C=O) groups excluding carboxylic acids is 1. The molecule has 24 heavy (non-hydrogen) atoms. The van der Waals surface area contributed by atoms with E-state index >= 15 is 0 Å². The SMILES string of the molecule is O=C(CSCc1cccc(F)c1F)NCc1ccc2c(c1)OCO2. The number of hydrogen-bond donors (Lipinski definition) is 1. The largest absolute Gasteiger partial charge is 0.454 e. The molecule has 0 unspecified atom stereocenters. The van der Waals surface area contributed by atoms with Crippen molar-refractivity contribution < 1.29 is 23.0 Å². The van der Waals surface area contributed by atoms with E-state index in [1.807, 2.05) is 12.1 Å². The molecule has 126 valence electrons. The van der Waals surface area contributed by atoms with Crippen molar-refractivity contribution in [3.8, 4) is 11.5 Å². The summed E-state index contributed by atoms with van der Waals surface area (Å²) in [7, 11) is 0. The second-order valence-electron chi connectivity index (χ2n) is 5.17. The molecule has 1 aliphatic rings. The molecule has 1 amide bonds. The van der Waals surface area contributed by atoms with E-state index in [0.29, 0.717) is 18.0 Å². The number of halogens is 2. The van der Waals surface area contributed by atoms with Crippen molar-refractivity contribution in [2.75, 3.05) is 12.5 Å². The summed E-state index contributed by atoms with van der Waals surface area (Å²) in [6, 6.07) is 9.50. The Morgan fingerprint density at radius 2 is 2.00 bits per heavy atom. The molecule has 1 heterocycles. The molecule has 2 aromatic carbocycles. The van der Waals surface area contributed by atoms with Crippen molar-refractivity contribution in [1.29, 1.82) is 0 Å². The maximum atomic E-state index is 13.5. The van der Waals surface area contributed by atoms with Crippen LogP contribution in [0.25, 0.3) is 0 Å². The molecule has 0 saturated carbocycles. The Morgan fingerprint density at radius 1 is 1.17 bits per heavy atom. The molecule has 0 radical (unpaired) electrons. The van der Waals surface area contributed by atoms with Gasteiger partial charge in [-0.1, -0.05) is 18.2 Å². The first-order chi connectivity index (χ1) is 11.6. The lowest BCUT2D eigenvalue weighted by Crippen LogP contribution is -2.24. The molecule has 0 bridgehead atoms. The zero-order valence-electron chi connectivity index (χ0n) is 12.7. The summed E-state index contributed by atoms with van der Waals surface area (Å²) in [5, 5.41) is 2.78. The first kappa shape index (κ1) is 16.6. The zero-order valence-corrected chi connectivity index (χ0v) is 13.5. The van der Waals surface area contributed by atoms with Crippen LogP contribution >= 0.6 is 11.8 Å². The van der Waals surface area contributed by atoms with E-state index < -0.39 is 11.6 Å². The number of fused-ring (bicyclic) bond motifs is 1. The average Bonchev–Trinajstić information content (AvgIpc) is 3.04. The molecule has 1 aliphatic heterocycles. The van der Waals surface area contributed by atoms with Crippen LogP contribution in [-0.4, -0.2) is 18.5 Å². The third-order valence-corrected chi connectivity index (χ3v) is 4.43. The number of benzene rings is 2. The number of ether oxygens (including phenoxy) is 2. The van der Waals surface area contributed by atoms with Gasteiger partial charge in [-0.05, 0) is 23.8 Å². The fourth-order valence-corrected chi connectivity index (χ4v) is 3.05. The number of rotatable bonds is 6. The molecule has 3 rings (SSSR count). The number of hydrogen-bond acceptors (Lipinski definition) is 4. The van der Waals surface area contributed by atoms with E-state index in [1.54, 1.807) is 6.07 Å². The van der Waals surface area contributed by atoms with Gasteiger partial charge in [0.1, 0.15) is 0 Å². The smallest absolute Gasteiger partial charge is 0.231 e. The average molecular weight is 351 g/mol. The number of nitrogens with one attached hydrogen (secondary N) is 1. The lowest BCUT2D eigenvalue weighted by atomic mass is 10.2. The van der Waals surface area contributed by atoms with Gasteiger partial charge in [0.05, 0.1) is 5.75 Å². The number of carbonyl (C=O) groups is 1. The van der Waals surface area contributed by atoms with Crippen molar-refractivity contribution >= 4 is 17.7 Å². The van der Waals surface area contributed by atoms with Gasteiger partial charge in [0.15, 0.2) is 23.1 Å². The van der Waals surface area contributed by atoms with Crippen molar-refractivity contribution in [3.63, 3.8) is 0 Å². The Labute approximate surface area is 142 Å². The number of thioether (sulfide) groups is 1. The minimum atomic E-state index is -0.875. The predicted octanol–water partition coefficient (Wildman–Crippen LogP) is 3.24. The fraction of sp³-hybridized carbons (Fsp3) is 0.235. The third-order valence-electron chi connectivity index (χ3n) is 3.45. The molecule has 0 atom stereocenters. The summed E-state index contributed by atoms with van der Waals surface area (Å²) in [5.74, 6) is -0.141. The Bertz CT molecular complexity index is 755. The van der Waals surface area contributed by atoms with Crippen molar-refractivity contribution in [2.24, 2.45) is 0 Å². The van der Waals surface area contributed by atoms with Crippen LogP contribution in [0, 0.1) is 11.6 Å². The predicted molar refractivity (Wildman–Crippen MR) is 86.9 cm³/mol. The van der Waals surface area contributed by atoms with Gasteiger partial charge in [0.2, 0.25) is 12.7 Å². The van der Waals surface area contributed by atoms with Crippen LogP contribution in [0.5, 0.6) is 11.5 Å². The van der Waals surface area contributed by atoms with Gasteiger partial charge in [0, 0.05) is 17.9 Å². The summed E-state index contributed by atoms with van der Waals surface area (Å²) >= 11 is 1.23. The summed E-state index contributed by atoms with van der Waals surface area (Å²) in [4.78, 5) is 11.8. The standard InChI is InChI=1S/C17H15F2NO3S/c18-13-3-1-2-12(17(13)19)8-24-9-16(21)20-7-11-4-5-14-15(6-11)23-10-22-14/h1-6H,7-10H2,(H,20,21). The van der Waals surface area contributed by atoms with Gasteiger partial charge in [0.25, 0.3) is 0 Å². The fourth-order valence-electron chi connectivity index (χ4n) is 2.22. The first-order valence-electron chi connectivity index (χ1n) is 7.29. The monoisotopic (exact) mass is 351 g/mol. The third kappa shape index (κ3) is 3.97. The van der Waals surface area contributed by atoms with Crippen LogP contribution in [0.15, 0.2) is 36.4 Å². The Balaban J connectivity index is 1.44. The van der Waals surface area contributed by atoms with Crippen LogP contribution < -0.4 is 14.8 Å². The van der Waals surface area contributed by atoms with E-state index in [2.05, 4.69) is 5.32 Å². The van der Waals surface area contributed by atoms with E-state index in [-0.39, 0.29) is 29.8 Å². The van der Waals surface area contributed by atoms with Crippen LogP contribution in [0.3, 0.4) is 0 Å². The lowest BCUT2D eigenvalue weighted by molar-refractivity contribution is -0.118. The molecule has 4 nitrogen and oxygen atoms in total. The van der Waals surface area contributed by atoms with Gasteiger partial charge < -0.3 is 14.8 Å². The second-order valence-corrected chi connectivity index (χ2v) is 6.16. The van der Waals surface area contributed by atoms with Gasteiger partial charge in [-0.3, -0.25) is 4.79 Å². The molecule has 0 aromatic heterocycles. The minimum Gasteiger partial charge on any atom is -0.454 e. The Kier molecular flexibility index (Phi) is 5.20. The quantitative estimate of drug-likeness (QED) is 0.868. The minimum absolute atomic E-state index is 0.167. The zero-order chi connectivity index (χ0) is 16.9. The van der Waals surface area contributed by atoms with Gasteiger partial charge in [-0.15, -0.1) is 11.8 Å². The second kappa shape index (κ2) is 7.53. The maximum absolute atomic E-state index is 13.5. The Hall–Kier alpha value is -2.28. The molecule has 1 N–H and O–H groups in total. The molecular weight excluding hydrogens is 336 g/mol. The van der Waals surface area contributed by atoms with Crippen LogP contribution in [0.4, 0.5) is 8.78 Å². The first-order valence-corrected chi connectivity index (χ1v) is 8.45. The van der Waals surface area contributed by atoms with Gasteiger partial charge >= 0.3 is 0 Å². The highest BCUT2D eigenvalue weighted by atomic mass is 32.2. The summed E-state index contributed by atoms with van der Waals surface area (Å²) in [5.41, 5.74) is 1.15. The highest BCUT2D eigenvalue weighted by molar-refractivity contribution is 7.99. The molecule has 0 fully saturated rings. The van der Waals surface area contributed by atoms with Crippen molar-refractivity contribution in [2.45, 2.75) is 12.3 Å². The molecule has 0 spiro atoms. The van der Waals surface area contributed by atoms with E-state index in [1.165, 1.54) is 23.9 Å². The van der Waals surface area contributed by atoms with Gasteiger partial charge in [-0.25, -0.2) is 8.78 Å². The van der Waals surface area contributed by atoms with Gasteiger partial charge in [-0.2, -0.15) is 0 Å². The lowest BCUT2D eigenvalue weighted by Gasteiger charge is -2.07. The summed E-state index contributed by atoms with van der Waals surface area (Å²) < 4.78 is 37.1. The van der Waals surface area contributed by atoms with E-state index in [9.17, 15) is 13.6 Å². The summed E-state index contributed by atoms with van der Waals surface area (Å²) in [6.07, 6.45) is 0. The molecular formula is C17H15F2NO3S. The molecule has 0 saturated heterocycles. The normalized spacial score (nSPS) is 12.2. The van der Waals surface area contributed by atoms with Crippen LogP contribution in [0.2, 0.25) is 0 Å². The van der Waals surface area contributed by atoms with Crippen molar-refractivity contribution in [1.82, 2.24) is 5.32 Å². The molecule has 2 aromatic rings. The van der Waals surface area contributed by atoms with E-state index in [4.69, 9.17) is 9.47 Å².